The maximum atomic E-state index is 12.1. The summed E-state index contributed by atoms with van der Waals surface area (Å²) in [4.78, 5) is 13.0. The maximum absolute atomic E-state index is 12.1. The standard InChI is InChI=1S/C12H15F3N2O2/c1-16-7-6-11(18)17(2)9-4-3-5-10(8-9)19-12(13,14)15/h3-5,8,16H,6-7H2,1-2H3. The lowest BCUT2D eigenvalue weighted by atomic mass is 10.2. The van der Waals surface area contributed by atoms with Crippen LogP contribution in [0.25, 0.3) is 0 Å². The molecule has 0 aromatic heterocycles. The molecule has 0 saturated carbocycles. The molecule has 106 valence electrons. The topological polar surface area (TPSA) is 41.6 Å². The number of carbonyl (C=O) groups is 1. The number of halogens is 3. The van der Waals surface area contributed by atoms with Gasteiger partial charge in [0, 0.05) is 31.8 Å². The number of carbonyl (C=O) groups excluding carboxylic acids is 1. The molecule has 19 heavy (non-hydrogen) atoms. The molecular formula is C12H15F3N2O2. The van der Waals surface area contributed by atoms with Crippen molar-refractivity contribution in [3.05, 3.63) is 24.3 Å². The zero-order chi connectivity index (χ0) is 14.5. The molecule has 0 saturated heterocycles. The smallest absolute Gasteiger partial charge is 0.406 e. The minimum atomic E-state index is -4.74. The number of nitrogens with zero attached hydrogens (tertiary/aromatic N) is 1. The van der Waals surface area contributed by atoms with Crippen molar-refractivity contribution < 1.29 is 22.7 Å². The van der Waals surface area contributed by atoms with Crippen molar-refractivity contribution in [3.8, 4) is 5.75 Å². The van der Waals surface area contributed by atoms with E-state index in [1.165, 1.54) is 30.1 Å². The van der Waals surface area contributed by atoms with Gasteiger partial charge in [0.05, 0.1) is 0 Å². The number of hydrogen-bond donors (Lipinski definition) is 1. The monoisotopic (exact) mass is 276 g/mol. The Balaban J connectivity index is 2.78. The van der Waals surface area contributed by atoms with Gasteiger partial charge in [-0.3, -0.25) is 4.79 Å². The van der Waals surface area contributed by atoms with Crippen LogP contribution in [0, 0.1) is 0 Å². The second-order valence-corrected chi connectivity index (χ2v) is 3.85. The Hall–Kier alpha value is -1.76. The Labute approximate surface area is 109 Å². The summed E-state index contributed by atoms with van der Waals surface area (Å²) in [5.74, 6) is -0.545. The highest BCUT2D eigenvalue weighted by Crippen LogP contribution is 2.26. The van der Waals surface area contributed by atoms with E-state index in [9.17, 15) is 18.0 Å². The SMILES string of the molecule is CNCCC(=O)N(C)c1cccc(OC(F)(F)F)c1. The molecule has 0 fully saturated rings. The first-order valence-corrected chi connectivity index (χ1v) is 5.60. The summed E-state index contributed by atoms with van der Waals surface area (Å²) in [7, 11) is 3.22. The molecule has 0 aliphatic heterocycles. The van der Waals surface area contributed by atoms with E-state index in [-0.39, 0.29) is 18.1 Å². The summed E-state index contributed by atoms with van der Waals surface area (Å²) in [6.45, 7) is 0.502. The first-order chi connectivity index (χ1) is 8.83. The van der Waals surface area contributed by atoms with Gasteiger partial charge < -0.3 is 15.0 Å². The highest BCUT2D eigenvalue weighted by molar-refractivity contribution is 5.93. The second kappa shape index (κ2) is 6.42. The fraction of sp³-hybridized carbons (Fsp3) is 0.417. The van der Waals surface area contributed by atoms with Gasteiger partial charge in [0.25, 0.3) is 0 Å². The molecule has 4 nitrogen and oxygen atoms in total. The van der Waals surface area contributed by atoms with Gasteiger partial charge in [-0.05, 0) is 19.2 Å². The van der Waals surface area contributed by atoms with Crippen LogP contribution in [0.1, 0.15) is 6.42 Å². The Morgan fingerprint density at radius 1 is 1.42 bits per heavy atom. The lowest BCUT2D eigenvalue weighted by Gasteiger charge is -2.18. The van der Waals surface area contributed by atoms with Crippen LogP contribution in [0.3, 0.4) is 0 Å². The molecule has 1 aromatic carbocycles. The number of nitrogens with one attached hydrogen (secondary N) is 1. The molecule has 0 aliphatic rings. The minimum Gasteiger partial charge on any atom is -0.406 e. The van der Waals surface area contributed by atoms with Crippen molar-refractivity contribution in [3.63, 3.8) is 0 Å². The van der Waals surface area contributed by atoms with E-state index in [0.29, 0.717) is 12.2 Å². The minimum absolute atomic E-state index is 0.196. The van der Waals surface area contributed by atoms with E-state index in [1.54, 1.807) is 13.1 Å². The van der Waals surface area contributed by atoms with Crippen LogP contribution < -0.4 is 15.0 Å². The van der Waals surface area contributed by atoms with Crippen molar-refractivity contribution in [1.29, 1.82) is 0 Å². The van der Waals surface area contributed by atoms with Crippen LogP contribution in [0.15, 0.2) is 24.3 Å². The maximum Gasteiger partial charge on any atom is 0.573 e. The Morgan fingerprint density at radius 2 is 2.11 bits per heavy atom. The molecule has 1 aromatic rings. The third-order valence-corrected chi connectivity index (χ3v) is 2.40. The van der Waals surface area contributed by atoms with E-state index in [1.807, 2.05) is 0 Å². The summed E-state index contributed by atoms with van der Waals surface area (Å²) in [5.41, 5.74) is 0.350. The molecule has 0 heterocycles. The number of alkyl halides is 3. The fourth-order valence-corrected chi connectivity index (χ4v) is 1.43. The molecule has 0 aliphatic carbocycles. The molecule has 1 amide bonds. The molecular weight excluding hydrogens is 261 g/mol. The molecule has 0 unspecified atom stereocenters. The van der Waals surface area contributed by atoms with E-state index in [2.05, 4.69) is 10.1 Å². The largest absolute Gasteiger partial charge is 0.573 e. The zero-order valence-electron chi connectivity index (χ0n) is 10.6. The normalized spacial score (nSPS) is 11.2. The molecule has 1 N–H and O–H groups in total. The summed E-state index contributed by atoms with van der Waals surface area (Å²) in [6.07, 6.45) is -4.48. The van der Waals surface area contributed by atoms with Gasteiger partial charge in [-0.25, -0.2) is 0 Å². The van der Waals surface area contributed by atoms with Gasteiger partial charge in [0.2, 0.25) is 5.91 Å². The molecule has 7 heteroatoms. The highest BCUT2D eigenvalue weighted by atomic mass is 19.4. The van der Waals surface area contributed by atoms with Crippen molar-refractivity contribution in [2.45, 2.75) is 12.8 Å². The molecule has 0 atom stereocenters. The molecule has 0 bridgehead atoms. The van der Waals surface area contributed by atoms with Gasteiger partial charge in [-0.2, -0.15) is 0 Å². The van der Waals surface area contributed by atoms with Crippen LogP contribution in [0.4, 0.5) is 18.9 Å². The van der Waals surface area contributed by atoms with Crippen molar-refractivity contribution in [2.24, 2.45) is 0 Å². The van der Waals surface area contributed by atoms with Crippen molar-refractivity contribution >= 4 is 11.6 Å². The Morgan fingerprint density at radius 3 is 2.68 bits per heavy atom. The van der Waals surface area contributed by atoms with Crippen LogP contribution >= 0.6 is 0 Å². The Kier molecular flexibility index (Phi) is 5.17. The summed E-state index contributed by atoms with van der Waals surface area (Å²) < 4.78 is 40.1. The van der Waals surface area contributed by atoms with Gasteiger partial charge in [-0.1, -0.05) is 6.07 Å². The van der Waals surface area contributed by atoms with Crippen LogP contribution in [0.2, 0.25) is 0 Å². The van der Waals surface area contributed by atoms with Crippen molar-refractivity contribution in [1.82, 2.24) is 5.32 Å². The molecule has 1 rings (SSSR count). The molecule has 0 spiro atoms. The van der Waals surface area contributed by atoms with Crippen LogP contribution in [0.5, 0.6) is 5.75 Å². The van der Waals surface area contributed by atoms with Crippen LogP contribution in [-0.4, -0.2) is 32.9 Å². The summed E-state index contributed by atoms with van der Waals surface area (Å²) >= 11 is 0. The number of anilines is 1. The van der Waals surface area contributed by atoms with Gasteiger partial charge in [0.1, 0.15) is 5.75 Å². The van der Waals surface area contributed by atoms with Crippen LogP contribution in [-0.2, 0) is 4.79 Å². The van der Waals surface area contributed by atoms with E-state index in [4.69, 9.17) is 0 Å². The average Bonchev–Trinajstić information content (AvgIpc) is 2.33. The average molecular weight is 276 g/mol. The van der Waals surface area contributed by atoms with Gasteiger partial charge in [0.15, 0.2) is 0 Å². The molecule has 0 radical (unpaired) electrons. The third kappa shape index (κ3) is 5.17. The second-order valence-electron chi connectivity index (χ2n) is 3.85. The number of hydrogen-bond acceptors (Lipinski definition) is 3. The third-order valence-electron chi connectivity index (χ3n) is 2.40. The number of rotatable bonds is 5. The summed E-state index contributed by atoms with van der Waals surface area (Å²) in [5, 5.41) is 2.83. The van der Waals surface area contributed by atoms with Gasteiger partial charge in [-0.15, -0.1) is 13.2 Å². The van der Waals surface area contributed by atoms with E-state index < -0.39 is 6.36 Å². The lowest BCUT2D eigenvalue weighted by molar-refractivity contribution is -0.274. The lowest BCUT2D eigenvalue weighted by Crippen LogP contribution is -2.29. The van der Waals surface area contributed by atoms with Crippen molar-refractivity contribution in [2.75, 3.05) is 25.5 Å². The predicted octanol–water partition coefficient (Wildman–Crippen LogP) is 2.16. The number of ether oxygens (including phenoxy) is 1. The first kappa shape index (κ1) is 15.3. The quantitative estimate of drug-likeness (QED) is 0.896. The first-order valence-electron chi connectivity index (χ1n) is 5.60. The van der Waals surface area contributed by atoms with Gasteiger partial charge >= 0.3 is 6.36 Å². The highest BCUT2D eigenvalue weighted by Gasteiger charge is 2.31. The fourth-order valence-electron chi connectivity index (χ4n) is 1.43. The Bertz CT molecular complexity index is 435. The number of amides is 1. The van der Waals surface area contributed by atoms with E-state index in [0.717, 1.165) is 0 Å². The van der Waals surface area contributed by atoms with E-state index >= 15 is 0 Å². The summed E-state index contributed by atoms with van der Waals surface area (Å²) in [6, 6.07) is 5.30. The number of benzene rings is 1. The predicted molar refractivity (Wildman–Crippen MR) is 65.1 cm³/mol. The zero-order valence-corrected chi connectivity index (χ0v) is 10.6.